The summed E-state index contributed by atoms with van der Waals surface area (Å²) in [6.07, 6.45) is 0.657. The molecule has 1 N–H and O–H groups in total. The van der Waals surface area contributed by atoms with Gasteiger partial charge in [0.15, 0.2) is 0 Å². The number of benzene rings is 2. The quantitative estimate of drug-likeness (QED) is 0.872. The molecule has 0 aromatic heterocycles. The summed E-state index contributed by atoms with van der Waals surface area (Å²) in [6.45, 7) is 5.20. The minimum Gasteiger partial charge on any atom is -0.493 e. The molecule has 0 fully saturated rings. The molecule has 2 aromatic carbocycles. The van der Waals surface area contributed by atoms with E-state index in [0.29, 0.717) is 13.0 Å². The second-order valence-electron chi connectivity index (χ2n) is 5.08. The van der Waals surface area contributed by atoms with Crippen LogP contribution in [0.2, 0.25) is 0 Å². The highest BCUT2D eigenvalue weighted by molar-refractivity contribution is 5.83. The lowest BCUT2D eigenvalue weighted by atomic mass is 10.0. The monoisotopic (exact) mass is 268 g/mol. The molecule has 0 heterocycles. The number of nitriles is 1. The van der Waals surface area contributed by atoms with E-state index in [4.69, 9.17) is 4.74 Å². The highest BCUT2D eigenvalue weighted by Crippen LogP contribution is 2.21. The van der Waals surface area contributed by atoms with E-state index >= 15 is 0 Å². The van der Waals surface area contributed by atoms with E-state index in [1.54, 1.807) is 0 Å². The molecule has 2 aromatic rings. The molecule has 0 amide bonds. The van der Waals surface area contributed by atoms with Gasteiger partial charge in [0, 0.05) is 6.42 Å². The zero-order chi connectivity index (χ0) is 14.4. The average molecular weight is 268 g/mol. The summed E-state index contributed by atoms with van der Waals surface area (Å²) < 4.78 is 5.77. The molecule has 2 rings (SSSR count). The predicted octanol–water partition coefficient (Wildman–Crippen LogP) is 3.50. The highest BCUT2D eigenvalue weighted by Gasteiger charge is 2.21. The summed E-state index contributed by atoms with van der Waals surface area (Å²) in [5.41, 5.74) is -0.522. The van der Waals surface area contributed by atoms with Crippen molar-refractivity contribution in [1.29, 1.82) is 5.26 Å². The molecule has 1 atom stereocenters. The van der Waals surface area contributed by atoms with Crippen LogP contribution >= 0.6 is 0 Å². The molecule has 104 valence electrons. The topological polar surface area (TPSA) is 45.0 Å². The molecular weight excluding hydrogens is 248 g/mol. The molecule has 0 saturated carbocycles. The Morgan fingerprint density at radius 2 is 1.95 bits per heavy atom. The van der Waals surface area contributed by atoms with Gasteiger partial charge in [-0.1, -0.05) is 37.3 Å². The fraction of sp³-hybridized carbons (Fsp3) is 0.353. The van der Waals surface area contributed by atoms with Gasteiger partial charge in [-0.05, 0) is 36.4 Å². The SMILES string of the molecule is CCNC(C)(C#N)CCOc1ccc2ccccc2c1. The van der Waals surface area contributed by atoms with Crippen LogP contribution in [-0.2, 0) is 0 Å². The van der Waals surface area contributed by atoms with Crippen molar-refractivity contribution in [2.24, 2.45) is 0 Å². The smallest absolute Gasteiger partial charge is 0.119 e. The lowest BCUT2D eigenvalue weighted by Crippen LogP contribution is -2.42. The first kappa shape index (κ1) is 14.4. The number of fused-ring (bicyclic) bond motifs is 1. The summed E-state index contributed by atoms with van der Waals surface area (Å²) in [4.78, 5) is 0. The molecule has 0 aliphatic heterocycles. The molecule has 0 spiro atoms. The minimum atomic E-state index is -0.522. The van der Waals surface area contributed by atoms with Crippen molar-refractivity contribution in [3.8, 4) is 11.8 Å². The lowest BCUT2D eigenvalue weighted by molar-refractivity contribution is 0.269. The number of rotatable bonds is 6. The van der Waals surface area contributed by atoms with E-state index in [2.05, 4.69) is 29.6 Å². The predicted molar refractivity (Wildman–Crippen MR) is 81.8 cm³/mol. The fourth-order valence-electron chi connectivity index (χ4n) is 2.20. The zero-order valence-electron chi connectivity index (χ0n) is 12.0. The molecule has 0 aliphatic rings. The van der Waals surface area contributed by atoms with E-state index in [9.17, 15) is 5.26 Å². The number of hydrogen-bond donors (Lipinski definition) is 1. The fourth-order valence-corrected chi connectivity index (χ4v) is 2.20. The van der Waals surface area contributed by atoms with Crippen LogP contribution < -0.4 is 10.1 Å². The van der Waals surface area contributed by atoms with Crippen LogP contribution in [0, 0.1) is 11.3 Å². The Balaban J connectivity index is 1.97. The third kappa shape index (κ3) is 3.49. The van der Waals surface area contributed by atoms with E-state index in [0.717, 1.165) is 12.3 Å². The Morgan fingerprint density at radius 1 is 1.20 bits per heavy atom. The Morgan fingerprint density at radius 3 is 2.65 bits per heavy atom. The van der Waals surface area contributed by atoms with Crippen molar-refractivity contribution >= 4 is 10.8 Å². The molecule has 0 bridgehead atoms. The molecule has 20 heavy (non-hydrogen) atoms. The Labute approximate surface area is 120 Å². The number of nitrogens with one attached hydrogen (secondary N) is 1. The summed E-state index contributed by atoms with van der Waals surface area (Å²) in [6, 6.07) is 16.6. The summed E-state index contributed by atoms with van der Waals surface area (Å²) in [5.74, 6) is 0.848. The van der Waals surface area contributed by atoms with E-state index in [1.807, 2.05) is 38.1 Å². The first-order valence-electron chi connectivity index (χ1n) is 6.95. The van der Waals surface area contributed by atoms with Crippen molar-refractivity contribution in [3.05, 3.63) is 42.5 Å². The van der Waals surface area contributed by atoms with Crippen molar-refractivity contribution in [2.45, 2.75) is 25.8 Å². The maximum Gasteiger partial charge on any atom is 0.119 e. The van der Waals surface area contributed by atoms with Gasteiger partial charge in [-0.25, -0.2) is 0 Å². The van der Waals surface area contributed by atoms with E-state index in [-0.39, 0.29) is 0 Å². The van der Waals surface area contributed by atoms with E-state index in [1.165, 1.54) is 10.8 Å². The van der Waals surface area contributed by atoms with Gasteiger partial charge in [0.2, 0.25) is 0 Å². The molecule has 0 saturated heterocycles. The largest absolute Gasteiger partial charge is 0.493 e. The zero-order valence-corrected chi connectivity index (χ0v) is 12.0. The summed E-state index contributed by atoms with van der Waals surface area (Å²) in [5, 5.41) is 14.7. The molecule has 0 aliphatic carbocycles. The second kappa shape index (κ2) is 6.40. The van der Waals surface area contributed by atoms with Crippen molar-refractivity contribution < 1.29 is 4.74 Å². The van der Waals surface area contributed by atoms with Gasteiger partial charge in [0.05, 0.1) is 12.7 Å². The van der Waals surface area contributed by atoms with Crippen LogP contribution in [0.5, 0.6) is 5.75 Å². The highest BCUT2D eigenvalue weighted by atomic mass is 16.5. The standard InChI is InChI=1S/C17H20N2O/c1-3-19-17(2,13-18)10-11-20-16-9-8-14-6-4-5-7-15(14)12-16/h4-9,12,19H,3,10-11H2,1-2H3. The first-order chi connectivity index (χ1) is 9.67. The lowest BCUT2D eigenvalue weighted by Gasteiger charge is -2.22. The van der Waals surface area contributed by atoms with Gasteiger partial charge in [0.25, 0.3) is 0 Å². The molecule has 3 nitrogen and oxygen atoms in total. The van der Waals surface area contributed by atoms with Gasteiger partial charge in [-0.15, -0.1) is 0 Å². The summed E-state index contributed by atoms with van der Waals surface area (Å²) in [7, 11) is 0. The van der Waals surface area contributed by atoms with Gasteiger partial charge in [-0.2, -0.15) is 5.26 Å². The van der Waals surface area contributed by atoms with Crippen molar-refractivity contribution in [1.82, 2.24) is 5.32 Å². The van der Waals surface area contributed by atoms with Gasteiger partial charge in [0.1, 0.15) is 11.3 Å². The Kier molecular flexibility index (Phi) is 4.60. The first-order valence-corrected chi connectivity index (χ1v) is 6.95. The molecule has 1 unspecified atom stereocenters. The van der Waals surface area contributed by atoms with Crippen molar-refractivity contribution in [2.75, 3.05) is 13.2 Å². The molecule has 3 heteroatoms. The van der Waals surface area contributed by atoms with Gasteiger partial charge >= 0.3 is 0 Å². The number of nitrogens with zero attached hydrogens (tertiary/aromatic N) is 1. The average Bonchev–Trinajstić information content (AvgIpc) is 2.47. The van der Waals surface area contributed by atoms with Gasteiger partial charge in [-0.3, -0.25) is 5.32 Å². The van der Waals surface area contributed by atoms with E-state index < -0.39 is 5.54 Å². The number of ether oxygens (including phenoxy) is 1. The minimum absolute atomic E-state index is 0.522. The third-order valence-electron chi connectivity index (χ3n) is 3.41. The van der Waals surface area contributed by atoms with Crippen LogP contribution in [-0.4, -0.2) is 18.7 Å². The van der Waals surface area contributed by atoms with Crippen molar-refractivity contribution in [3.63, 3.8) is 0 Å². The maximum absolute atomic E-state index is 9.19. The van der Waals surface area contributed by atoms with Crippen LogP contribution in [0.15, 0.2) is 42.5 Å². The number of hydrogen-bond acceptors (Lipinski definition) is 3. The Hall–Kier alpha value is -2.05. The summed E-state index contributed by atoms with van der Waals surface area (Å²) >= 11 is 0. The Bertz CT molecular complexity index is 618. The maximum atomic E-state index is 9.19. The van der Waals surface area contributed by atoms with Gasteiger partial charge < -0.3 is 4.74 Å². The van der Waals surface area contributed by atoms with Crippen LogP contribution in [0.3, 0.4) is 0 Å². The molecular formula is C17H20N2O. The molecule has 0 radical (unpaired) electrons. The second-order valence-corrected chi connectivity index (χ2v) is 5.08. The normalized spacial score (nSPS) is 13.7. The third-order valence-corrected chi connectivity index (χ3v) is 3.41. The van der Waals surface area contributed by atoms with Crippen LogP contribution in [0.1, 0.15) is 20.3 Å². The van der Waals surface area contributed by atoms with Crippen LogP contribution in [0.4, 0.5) is 0 Å². The van der Waals surface area contributed by atoms with Crippen LogP contribution in [0.25, 0.3) is 10.8 Å².